The summed E-state index contributed by atoms with van der Waals surface area (Å²) < 4.78 is 5.62. The molecule has 2 rings (SSSR count). The zero-order valence-corrected chi connectivity index (χ0v) is 8.16. The molecule has 0 atom stereocenters. The van der Waals surface area contributed by atoms with E-state index in [1.165, 1.54) is 0 Å². The molecule has 0 aliphatic heterocycles. The number of aryl methyl sites for hydroxylation is 1. The fourth-order valence-corrected chi connectivity index (χ4v) is 1.43. The Labute approximate surface area is 83.4 Å². The average Bonchev–Trinajstić information content (AvgIpc) is 2.67. The van der Waals surface area contributed by atoms with Crippen molar-refractivity contribution in [3.8, 4) is 11.3 Å². The van der Waals surface area contributed by atoms with Crippen LogP contribution in [-0.2, 0) is 6.42 Å². The third kappa shape index (κ3) is 1.51. The van der Waals surface area contributed by atoms with Gasteiger partial charge in [-0.05, 0) is 24.3 Å². The molecular formula is C12H13NO. The van der Waals surface area contributed by atoms with Crippen LogP contribution in [0.5, 0.6) is 0 Å². The van der Waals surface area contributed by atoms with Gasteiger partial charge < -0.3 is 10.2 Å². The van der Waals surface area contributed by atoms with Crippen LogP contribution in [0.1, 0.15) is 12.7 Å². The van der Waals surface area contributed by atoms with Crippen molar-refractivity contribution in [2.24, 2.45) is 0 Å². The lowest BCUT2D eigenvalue weighted by Crippen LogP contribution is -1.87. The van der Waals surface area contributed by atoms with Gasteiger partial charge in [0, 0.05) is 17.7 Å². The molecule has 0 saturated heterocycles. The number of hydrogen-bond acceptors (Lipinski definition) is 2. The van der Waals surface area contributed by atoms with E-state index in [0.29, 0.717) is 0 Å². The van der Waals surface area contributed by atoms with Crippen LogP contribution in [0.25, 0.3) is 11.3 Å². The van der Waals surface area contributed by atoms with E-state index in [4.69, 9.17) is 10.2 Å². The standard InChI is InChI=1S/C12H13NO/c1-2-9-7-8-12(14-9)10-5-3-4-6-11(10)13/h3-8H,2,13H2,1H3. The van der Waals surface area contributed by atoms with Crippen LogP contribution in [0, 0.1) is 0 Å². The maximum absolute atomic E-state index is 5.84. The van der Waals surface area contributed by atoms with Crippen molar-refractivity contribution in [1.29, 1.82) is 0 Å². The van der Waals surface area contributed by atoms with Crippen molar-refractivity contribution in [2.45, 2.75) is 13.3 Å². The molecule has 1 aromatic heterocycles. The molecule has 2 nitrogen and oxygen atoms in total. The summed E-state index contributed by atoms with van der Waals surface area (Å²) in [5.74, 6) is 1.84. The van der Waals surface area contributed by atoms with Gasteiger partial charge in [0.15, 0.2) is 0 Å². The van der Waals surface area contributed by atoms with E-state index in [1.54, 1.807) is 0 Å². The maximum Gasteiger partial charge on any atom is 0.136 e. The highest BCUT2D eigenvalue weighted by Crippen LogP contribution is 2.27. The third-order valence-corrected chi connectivity index (χ3v) is 2.24. The molecule has 2 heteroatoms. The Hall–Kier alpha value is -1.70. The van der Waals surface area contributed by atoms with Crippen molar-refractivity contribution >= 4 is 5.69 Å². The quantitative estimate of drug-likeness (QED) is 0.734. The van der Waals surface area contributed by atoms with E-state index in [1.807, 2.05) is 36.4 Å². The van der Waals surface area contributed by atoms with Crippen molar-refractivity contribution in [2.75, 3.05) is 5.73 Å². The van der Waals surface area contributed by atoms with E-state index < -0.39 is 0 Å². The minimum atomic E-state index is 0.754. The second-order valence-corrected chi connectivity index (χ2v) is 3.21. The van der Waals surface area contributed by atoms with Crippen molar-refractivity contribution in [1.82, 2.24) is 0 Å². The average molecular weight is 187 g/mol. The molecule has 0 fully saturated rings. The van der Waals surface area contributed by atoms with Crippen LogP contribution in [0.4, 0.5) is 5.69 Å². The lowest BCUT2D eigenvalue weighted by molar-refractivity contribution is 0.529. The minimum Gasteiger partial charge on any atom is -0.461 e. The first-order valence-electron chi connectivity index (χ1n) is 4.75. The minimum absolute atomic E-state index is 0.754. The first-order chi connectivity index (χ1) is 6.81. The summed E-state index contributed by atoms with van der Waals surface area (Å²) in [6.07, 6.45) is 0.909. The van der Waals surface area contributed by atoms with E-state index >= 15 is 0 Å². The second kappa shape index (κ2) is 3.58. The van der Waals surface area contributed by atoms with Crippen LogP contribution >= 0.6 is 0 Å². The summed E-state index contributed by atoms with van der Waals surface area (Å²) in [4.78, 5) is 0. The van der Waals surface area contributed by atoms with Gasteiger partial charge in [-0.1, -0.05) is 19.1 Å². The topological polar surface area (TPSA) is 39.2 Å². The zero-order chi connectivity index (χ0) is 9.97. The van der Waals surface area contributed by atoms with Crippen LogP contribution in [0.15, 0.2) is 40.8 Å². The molecule has 1 heterocycles. The largest absolute Gasteiger partial charge is 0.461 e. The molecule has 0 radical (unpaired) electrons. The number of nitrogens with two attached hydrogens (primary N) is 1. The van der Waals surface area contributed by atoms with Gasteiger partial charge in [-0.25, -0.2) is 0 Å². The lowest BCUT2D eigenvalue weighted by Gasteiger charge is -2.00. The van der Waals surface area contributed by atoms with Crippen molar-refractivity contribution in [3.63, 3.8) is 0 Å². The number of benzene rings is 1. The van der Waals surface area contributed by atoms with Crippen molar-refractivity contribution < 1.29 is 4.42 Å². The van der Waals surface area contributed by atoms with Crippen LogP contribution in [-0.4, -0.2) is 0 Å². The fourth-order valence-electron chi connectivity index (χ4n) is 1.43. The number of anilines is 1. The lowest BCUT2D eigenvalue weighted by atomic mass is 10.1. The van der Waals surface area contributed by atoms with Gasteiger partial charge in [-0.2, -0.15) is 0 Å². The fraction of sp³-hybridized carbons (Fsp3) is 0.167. The van der Waals surface area contributed by atoms with E-state index in [-0.39, 0.29) is 0 Å². The Morgan fingerprint density at radius 2 is 1.93 bits per heavy atom. The zero-order valence-electron chi connectivity index (χ0n) is 8.16. The molecule has 0 unspecified atom stereocenters. The summed E-state index contributed by atoms with van der Waals surface area (Å²) in [6, 6.07) is 11.7. The molecule has 2 aromatic rings. The first kappa shape index (κ1) is 8.88. The molecule has 14 heavy (non-hydrogen) atoms. The molecule has 1 aromatic carbocycles. The van der Waals surface area contributed by atoms with Gasteiger partial charge in [0.05, 0.1) is 0 Å². The molecule has 72 valence electrons. The van der Waals surface area contributed by atoms with E-state index in [9.17, 15) is 0 Å². The summed E-state index contributed by atoms with van der Waals surface area (Å²) in [6.45, 7) is 2.07. The molecule has 0 aliphatic carbocycles. The van der Waals surface area contributed by atoms with E-state index in [0.717, 1.165) is 29.2 Å². The van der Waals surface area contributed by atoms with Crippen LogP contribution in [0.3, 0.4) is 0 Å². The molecule has 2 N–H and O–H groups in total. The number of nitrogen functional groups attached to an aromatic ring is 1. The third-order valence-electron chi connectivity index (χ3n) is 2.24. The molecular weight excluding hydrogens is 174 g/mol. The van der Waals surface area contributed by atoms with Crippen molar-refractivity contribution in [3.05, 3.63) is 42.2 Å². The summed E-state index contributed by atoms with van der Waals surface area (Å²) in [7, 11) is 0. The van der Waals surface area contributed by atoms with Gasteiger partial charge in [-0.15, -0.1) is 0 Å². The number of para-hydroxylation sites is 1. The van der Waals surface area contributed by atoms with Crippen LogP contribution < -0.4 is 5.73 Å². The monoisotopic (exact) mass is 187 g/mol. The highest BCUT2D eigenvalue weighted by atomic mass is 16.3. The van der Waals surface area contributed by atoms with Crippen LogP contribution in [0.2, 0.25) is 0 Å². The smallest absolute Gasteiger partial charge is 0.136 e. The summed E-state index contributed by atoms with van der Waals surface area (Å²) in [5, 5.41) is 0. The maximum atomic E-state index is 5.84. The van der Waals surface area contributed by atoms with Gasteiger partial charge >= 0.3 is 0 Å². The Kier molecular flexibility index (Phi) is 2.27. The molecule has 0 bridgehead atoms. The number of furan rings is 1. The van der Waals surface area contributed by atoms with Gasteiger partial charge in [0.2, 0.25) is 0 Å². The highest BCUT2D eigenvalue weighted by Gasteiger charge is 2.05. The number of rotatable bonds is 2. The van der Waals surface area contributed by atoms with E-state index in [2.05, 4.69) is 6.92 Å². The second-order valence-electron chi connectivity index (χ2n) is 3.21. The summed E-state index contributed by atoms with van der Waals surface area (Å²) >= 11 is 0. The normalized spacial score (nSPS) is 10.4. The predicted octanol–water partition coefficient (Wildman–Crippen LogP) is 3.09. The Morgan fingerprint density at radius 3 is 2.57 bits per heavy atom. The van der Waals surface area contributed by atoms with Gasteiger partial charge in [0.1, 0.15) is 11.5 Å². The highest BCUT2D eigenvalue weighted by molar-refractivity contribution is 5.72. The summed E-state index contributed by atoms with van der Waals surface area (Å²) in [5.41, 5.74) is 7.56. The Balaban J connectivity index is 2.44. The Morgan fingerprint density at radius 1 is 1.14 bits per heavy atom. The van der Waals surface area contributed by atoms with Gasteiger partial charge in [-0.3, -0.25) is 0 Å². The Bertz CT molecular complexity index is 431. The SMILES string of the molecule is CCc1ccc(-c2ccccc2N)o1. The molecule has 0 aliphatic rings. The number of hydrogen-bond donors (Lipinski definition) is 1. The molecule has 0 amide bonds. The molecule has 0 spiro atoms. The first-order valence-corrected chi connectivity index (χ1v) is 4.75. The molecule has 0 saturated carbocycles. The predicted molar refractivity (Wildman–Crippen MR) is 57.9 cm³/mol. The van der Waals surface area contributed by atoms with Gasteiger partial charge in [0.25, 0.3) is 0 Å².